The van der Waals surface area contributed by atoms with E-state index in [4.69, 9.17) is 10.5 Å². The van der Waals surface area contributed by atoms with Crippen molar-refractivity contribution < 1.29 is 30.3 Å². The molecular formula is C38H53N4O6-. The van der Waals surface area contributed by atoms with E-state index in [0.29, 0.717) is 50.9 Å². The number of aryl methyl sites for hydroxylation is 1. The number of aliphatic hydroxyl groups excluding tert-OH is 4. The van der Waals surface area contributed by atoms with Crippen molar-refractivity contribution in [3.05, 3.63) is 71.7 Å². The average Bonchev–Trinajstić information content (AvgIpc) is 3.59. The normalized spacial score (nSPS) is 22.5. The summed E-state index contributed by atoms with van der Waals surface area (Å²) in [6.45, 7) is 4.10. The van der Waals surface area contributed by atoms with Crippen LogP contribution in [-0.4, -0.2) is 74.1 Å². The van der Waals surface area contributed by atoms with Crippen LogP contribution in [0.3, 0.4) is 0 Å². The van der Waals surface area contributed by atoms with Gasteiger partial charge in [0.1, 0.15) is 11.9 Å². The number of aromatic nitrogens is 2. The zero-order valence-corrected chi connectivity index (χ0v) is 28.2. The molecule has 10 heteroatoms. The molecule has 262 valence electrons. The first-order chi connectivity index (χ1) is 23.1. The number of aromatic hydroxyl groups is 1. The van der Waals surface area contributed by atoms with Crippen LogP contribution < -0.4 is 20.8 Å². The minimum atomic E-state index is -0.778. The lowest BCUT2D eigenvalue weighted by Gasteiger charge is -2.30. The highest BCUT2D eigenvalue weighted by atomic mass is 16.5. The van der Waals surface area contributed by atoms with Gasteiger partial charge < -0.3 is 46.3 Å². The smallest absolute Gasteiger partial charge is 0.161 e. The minimum absolute atomic E-state index is 0.0394. The zero-order chi connectivity index (χ0) is 34.5. The number of anilines is 1. The summed E-state index contributed by atoms with van der Waals surface area (Å²) in [5.41, 5.74) is 8.71. The van der Waals surface area contributed by atoms with Gasteiger partial charge in [-0.3, -0.25) is 0 Å². The van der Waals surface area contributed by atoms with Crippen LogP contribution in [0.1, 0.15) is 81.5 Å². The molecule has 8 N–H and O–H groups in total. The fraction of sp³-hybridized carbons (Fsp3) is 0.553. The molecule has 4 rings (SSSR count). The van der Waals surface area contributed by atoms with Crippen molar-refractivity contribution >= 4 is 5.82 Å². The van der Waals surface area contributed by atoms with Crippen molar-refractivity contribution in [1.29, 1.82) is 0 Å². The molecule has 0 fully saturated rings. The van der Waals surface area contributed by atoms with Crippen LogP contribution in [0, 0.1) is 23.7 Å². The Balaban J connectivity index is 1.41. The second-order valence-electron chi connectivity index (χ2n) is 13.2. The van der Waals surface area contributed by atoms with Crippen LogP contribution in [0.2, 0.25) is 0 Å². The Kier molecular flexibility index (Phi) is 14.6. The van der Waals surface area contributed by atoms with Gasteiger partial charge >= 0.3 is 0 Å². The van der Waals surface area contributed by atoms with E-state index in [9.17, 15) is 25.5 Å². The van der Waals surface area contributed by atoms with E-state index in [0.717, 1.165) is 36.1 Å². The van der Waals surface area contributed by atoms with Gasteiger partial charge in [-0.1, -0.05) is 31.0 Å². The molecule has 0 saturated carbocycles. The molecule has 0 spiro atoms. The Labute approximate surface area is 284 Å². The summed E-state index contributed by atoms with van der Waals surface area (Å²) >= 11 is 0. The second kappa shape index (κ2) is 18.8. The molecule has 0 radical (unpaired) electrons. The van der Waals surface area contributed by atoms with Crippen molar-refractivity contribution in [2.24, 2.45) is 11.8 Å². The van der Waals surface area contributed by atoms with Crippen LogP contribution in [0.4, 0.5) is 5.82 Å². The van der Waals surface area contributed by atoms with Gasteiger partial charge in [-0.2, -0.15) is 11.9 Å². The lowest BCUT2D eigenvalue weighted by atomic mass is 9.84. The number of nitrogens with zero attached hydrogens (tertiary/aromatic N) is 2. The number of hydrogen-bond acceptors (Lipinski definition) is 9. The number of rotatable bonds is 16. The molecule has 0 bridgehead atoms. The lowest BCUT2D eigenvalue weighted by molar-refractivity contribution is 0.00428. The first-order valence-electron chi connectivity index (χ1n) is 17.3. The molecule has 1 aromatic carbocycles. The average molecular weight is 662 g/mol. The summed E-state index contributed by atoms with van der Waals surface area (Å²) in [6.07, 6.45) is 6.28. The predicted octanol–water partition coefficient (Wildman–Crippen LogP) is 3.70. The van der Waals surface area contributed by atoms with E-state index in [1.54, 1.807) is 37.5 Å². The number of phenols is 1. The minimum Gasteiger partial charge on any atom is -0.668 e. The number of nitrogens with one attached hydrogen (secondary N) is 1. The predicted molar refractivity (Wildman–Crippen MR) is 186 cm³/mol. The van der Waals surface area contributed by atoms with Crippen LogP contribution in [-0.2, 0) is 12.8 Å². The van der Waals surface area contributed by atoms with E-state index in [2.05, 4.69) is 34.0 Å². The molecule has 3 aromatic rings. The van der Waals surface area contributed by atoms with Gasteiger partial charge in [0.15, 0.2) is 11.5 Å². The highest BCUT2D eigenvalue weighted by Gasteiger charge is 2.28. The van der Waals surface area contributed by atoms with Gasteiger partial charge in [0.25, 0.3) is 0 Å². The number of ether oxygens (including phenoxy) is 1. The summed E-state index contributed by atoms with van der Waals surface area (Å²) in [5, 5.41) is 56.6. The second-order valence-corrected chi connectivity index (χ2v) is 13.2. The number of pyridine rings is 1. The summed E-state index contributed by atoms with van der Waals surface area (Å²) in [7, 11) is 0. The molecular weight excluding hydrogens is 608 g/mol. The summed E-state index contributed by atoms with van der Waals surface area (Å²) in [6, 6.07) is 12.8. The first kappa shape index (κ1) is 37.2. The molecule has 2 heterocycles. The number of aliphatic hydroxyl groups is 4. The fourth-order valence-corrected chi connectivity index (χ4v) is 6.51. The lowest BCUT2D eigenvalue weighted by Crippen LogP contribution is -2.38. The van der Waals surface area contributed by atoms with E-state index in [-0.39, 0.29) is 36.0 Å². The fourth-order valence-electron chi connectivity index (χ4n) is 6.51. The van der Waals surface area contributed by atoms with Crippen molar-refractivity contribution in [3.8, 4) is 23.3 Å². The molecule has 1 aliphatic carbocycles. The monoisotopic (exact) mass is 661 g/mol. The van der Waals surface area contributed by atoms with E-state index in [1.807, 2.05) is 24.3 Å². The molecule has 0 aliphatic heterocycles. The van der Waals surface area contributed by atoms with E-state index < -0.39 is 30.3 Å². The molecule has 0 saturated heterocycles. The van der Waals surface area contributed by atoms with Crippen LogP contribution in [0.15, 0.2) is 54.9 Å². The van der Waals surface area contributed by atoms with E-state index in [1.165, 1.54) is 0 Å². The molecule has 10 nitrogen and oxygen atoms in total. The molecule has 8 unspecified atom stereocenters. The summed E-state index contributed by atoms with van der Waals surface area (Å²) in [5.74, 6) is 6.99. The Morgan fingerprint density at radius 3 is 2.71 bits per heavy atom. The SMILES string of the molecule is CCC1C#CCC(C(O)CCc2ccc(O)c(OC(CO)CC(Cc3ccc[n-]3)c3ccnc(N)c3)c2)C(O)CCC(NCC(C)O)C1. The topological polar surface area (TPSA) is 175 Å². The van der Waals surface area contributed by atoms with Gasteiger partial charge in [0, 0.05) is 37.0 Å². The third kappa shape index (κ3) is 11.5. The zero-order valence-electron chi connectivity index (χ0n) is 28.2. The van der Waals surface area contributed by atoms with Crippen LogP contribution >= 0.6 is 0 Å². The highest BCUT2D eigenvalue weighted by molar-refractivity contribution is 5.42. The molecule has 2 aromatic heterocycles. The van der Waals surface area contributed by atoms with Gasteiger partial charge in [0.05, 0.1) is 24.9 Å². The van der Waals surface area contributed by atoms with Crippen molar-refractivity contribution in [2.45, 2.75) is 108 Å². The third-order valence-electron chi connectivity index (χ3n) is 9.35. The van der Waals surface area contributed by atoms with Crippen LogP contribution in [0.25, 0.3) is 0 Å². The number of hydrogen-bond donors (Lipinski definition) is 7. The number of nitrogen functional groups attached to an aromatic ring is 1. The molecule has 48 heavy (non-hydrogen) atoms. The Bertz CT molecular complexity index is 1440. The van der Waals surface area contributed by atoms with Crippen molar-refractivity contribution in [3.63, 3.8) is 0 Å². The summed E-state index contributed by atoms with van der Waals surface area (Å²) in [4.78, 5) is 8.53. The quantitative estimate of drug-likeness (QED) is 0.112. The Morgan fingerprint density at radius 2 is 2.00 bits per heavy atom. The maximum absolute atomic E-state index is 11.3. The Morgan fingerprint density at radius 1 is 1.17 bits per heavy atom. The maximum atomic E-state index is 11.3. The largest absolute Gasteiger partial charge is 0.668 e. The van der Waals surface area contributed by atoms with Crippen LogP contribution in [0.5, 0.6) is 11.5 Å². The number of nitrogens with two attached hydrogens (primary N) is 1. The highest BCUT2D eigenvalue weighted by Crippen LogP contribution is 2.33. The molecule has 1 aliphatic rings. The third-order valence-corrected chi connectivity index (χ3v) is 9.35. The van der Waals surface area contributed by atoms with Gasteiger partial charge in [-0.15, -0.1) is 5.92 Å². The maximum Gasteiger partial charge on any atom is 0.161 e. The van der Waals surface area contributed by atoms with Gasteiger partial charge in [0.2, 0.25) is 0 Å². The summed E-state index contributed by atoms with van der Waals surface area (Å²) < 4.78 is 6.19. The Hall–Kier alpha value is -3.59. The molecule has 8 atom stereocenters. The van der Waals surface area contributed by atoms with Crippen molar-refractivity contribution in [2.75, 3.05) is 18.9 Å². The van der Waals surface area contributed by atoms with Gasteiger partial charge in [-0.05, 0) is 99.6 Å². The van der Waals surface area contributed by atoms with Gasteiger partial charge in [-0.25, -0.2) is 4.98 Å². The number of benzene rings is 1. The standard InChI is InChI=1S/C38H53N4O6/c1-3-26-6-4-8-33(35(46)14-11-31(18-26)42-23-25(2)44)34(45)12-9-27-10-13-36(47)37(19-27)48-32(24-43)21-29(20-30-7-5-16-40-30)28-15-17-41-38(39)22-28/h5,7,10,13,15-17,19,22,25-26,29,31-35,42-47H,3,8-9,11-12,14,18,20-21,23-24H2,1-2H3,(H2,39,41)/q-1. The van der Waals surface area contributed by atoms with Crippen molar-refractivity contribution in [1.82, 2.24) is 15.3 Å². The molecule has 0 amide bonds. The number of phenolic OH excluding ortho intramolecular Hbond substituents is 1. The van der Waals surface area contributed by atoms with E-state index >= 15 is 0 Å². The first-order valence-corrected chi connectivity index (χ1v) is 17.3.